The Hall–Kier alpha value is -1.85. The zero-order valence-corrected chi connectivity index (χ0v) is 16.6. The number of anilines is 1. The number of methoxy groups -OCH3 is 1. The second-order valence-corrected chi connectivity index (χ2v) is 7.90. The maximum absolute atomic E-state index is 11.7. The zero-order chi connectivity index (χ0) is 18.1. The highest BCUT2D eigenvalue weighted by Crippen LogP contribution is 2.36. The minimum absolute atomic E-state index is 0.538. The van der Waals surface area contributed by atoms with Crippen LogP contribution in [0, 0.1) is 0 Å². The van der Waals surface area contributed by atoms with Gasteiger partial charge in [0.1, 0.15) is 11.4 Å². The van der Waals surface area contributed by atoms with Crippen LogP contribution in [0.3, 0.4) is 0 Å². The van der Waals surface area contributed by atoms with Gasteiger partial charge in [0, 0.05) is 16.5 Å². The summed E-state index contributed by atoms with van der Waals surface area (Å²) in [7, 11) is 1.68. The number of halogens is 1. The molecular formula is C21H24BrN2O2+. The molecule has 0 spiro atoms. The van der Waals surface area contributed by atoms with Crippen molar-refractivity contribution < 1.29 is 14.4 Å². The smallest absolute Gasteiger partial charge is 0.271 e. The number of β-amino-alcohol motifs (C(OH)–C–C–N with tert-alkyl or cyclic N) is 1. The Morgan fingerprint density at radius 2 is 1.77 bits per heavy atom. The van der Waals surface area contributed by atoms with Crippen LogP contribution in [0.25, 0.3) is 0 Å². The summed E-state index contributed by atoms with van der Waals surface area (Å²) >= 11 is 3.49. The quantitative estimate of drug-likeness (QED) is 0.766. The number of nitrogens with zero attached hydrogens (tertiary/aromatic N) is 2. The molecule has 2 aromatic rings. The van der Waals surface area contributed by atoms with Crippen molar-refractivity contribution in [2.45, 2.75) is 31.4 Å². The van der Waals surface area contributed by atoms with Crippen LogP contribution in [-0.4, -0.2) is 35.7 Å². The van der Waals surface area contributed by atoms with Crippen molar-refractivity contribution in [2.75, 3.05) is 25.1 Å². The molecule has 0 aromatic heterocycles. The maximum atomic E-state index is 11.7. The van der Waals surface area contributed by atoms with Crippen molar-refractivity contribution in [3.8, 4) is 5.75 Å². The molecule has 0 bridgehead atoms. The highest BCUT2D eigenvalue weighted by Gasteiger charge is 2.51. The van der Waals surface area contributed by atoms with Crippen molar-refractivity contribution in [1.29, 1.82) is 0 Å². The molecule has 4 nitrogen and oxygen atoms in total. The molecule has 136 valence electrons. The van der Waals surface area contributed by atoms with Crippen molar-refractivity contribution in [3.05, 3.63) is 58.6 Å². The average molecular weight is 416 g/mol. The third-order valence-corrected chi connectivity index (χ3v) is 5.95. The molecule has 0 aliphatic carbocycles. The first-order chi connectivity index (χ1) is 12.6. The van der Waals surface area contributed by atoms with Gasteiger partial charge in [0.2, 0.25) is 0 Å². The molecule has 1 unspecified atom stereocenters. The molecule has 1 atom stereocenters. The molecule has 4 rings (SSSR count). The van der Waals surface area contributed by atoms with Gasteiger partial charge in [0.15, 0.2) is 6.54 Å². The molecule has 0 radical (unpaired) electrons. The van der Waals surface area contributed by atoms with E-state index in [2.05, 4.69) is 37.5 Å². The topological polar surface area (TPSA) is 35.7 Å². The molecule has 26 heavy (non-hydrogen) atoms. The fourth-order valence-electron chi connectivity index (χ4n) is 4.04. The Morgan fingerprint density at radius 3 is 2.46 bits per heavy atom. The fourth-order valence-corrected chi connectivity index (χ4v) is 4.30. The molecule has 0 saturated heterocycles. The normalized spacial score (nSPS) is 23.0. The second kappa shape index (κ2) is 7.05. The number of ether oxygens (including phenoxy) is 1. The van der Waals surface area contributed by atoms with E-state index < -0.39 is 5.72 Å². The van der Waals surface area contributed by atoms with Crippen LogP contribution in [0.4, 0.5) is 5.69 Å². The Labute approximate surface area is 162 Å². The van der Waals surface area contributed by atoms with E-state index in [4.69, 9.17) is 4.74 Å². The van der Waals surface area contributed by atoms with Gasteiger partial charge >= 0.3 is 0 Å². The van der Waals surface area contributed by atoms with Crippen LogP contribution < -0.4 is 9.64 Å². The molecule has 2 aliphatic rings. The average Bonchev–Trinajstić information content (AvgIpc) is 2.82. The van der Waals surface area contributed by atoms with Crippen molar-refractivity contribution >= 4 is 27.5 Å². The van der Waals surface area contributed by atoms with Crippen LogP contribution in [0.15, 0.2) is 53.0 Å². The number of amidine groups is 1. The fraction of sp³-hybridized carbons (Fsp3) is 0.381. The van der Waals surface area contributed by atoms with E-state index >= 15 is 0 Å². The van der Waals surface area contributed by atoms with Crippen LogP contribution in [0.2, 0.25) is 0 Å². The summed E-state index contributed by atoms with van der Waals surface area (Å²) in [6.07, 6.45) is 4.46. The minimum atomic E-state index is -1.000. The standard InChI is InChI=1S/C21H24BrN2O2/c1-26-19-12-10-18(11-13-19)23-15-21(25,16-6-8-17(22)9-7-16)24-14-4-2-3-5-20(23)24/h6-13,25H,2-5,14-15H2,1H3/q+1. The summed E-state index contributed by atoms with van der Waals surface area (Å²) in [6.45, 7) is 1.42. The number of aliphatic hydroxyl groups is 1. The Balaban J connectivity index is 1.77. The Kier molecular flexibility index (Phi) is 4.76. The van der Waals surface area contributed by atoms with Gasteiger partial charge in [-0.1, -0.05) is 28.1 Å². The van der Waals surface area contributed by atoms with Gasteiger partial charge in [-0.3, -0.25) is 0 Å². The number of hydrogen-bond donors (Lipinski definition) is 1. The zero-order valence-electron chi connectivity index (χ0n) is 15.0. The summed E-state index contributed by atoms with van der Waals surface area (Å²) in [5, 5.41) is 11.7. The van der Waals surface area contributed by atoms with Gasteiger partial charge in [0.05, 0.1) is 13.7 Å². The number of benzene rings is 2. The van der Waals surface area contributed by atoms with Crippen LogP contribution in [-0.2, 0) is 5.72 Å². The summed E-state index contributed by atoms with van der Waals surface area (Å²) in [6, 6.07) is 16.1. The Bertz CT molecular complexity index is 817. The Morgan fingerprint density at radius 1 is 1.04 bits per heavy atom. The molecule has 5 heteroatoms. The predicted molar refractivity (Wildman–Crippen MR) is 107 cm³/mol. The lowest BCUT2D eigenvalue weighted by atomic mass is 10.0. The number of rotatable bonds is 3. The van der Waals surface area contributed by atoms with Crippen molar-refractivity contribution in [3.63, 3.8) is 0 Å². The summed E-state index contributed by atoms with van der Waals surface area (Å²) in [5.74, 6) is 2.07. The van der Waals surface area contributed by atoms with Gasteiger partial charge in [-0.2, -0.15) is 0 Å². The summed E-state index contributed by atoms with van der Waals surface area (Å²) < 4.78 is 8.53. The monoisotopic (exact) mass is 415 g/mol. The molecular weight excluding hydrogens is 392 g/mol. The first-order valence-electron chi connectivity index (χ1n) is 9.15. The lowest BCUT2D eigenvalue weighted by Gasteiger charge is -2.23. The van der Waals surface area contributed by atoms with Gasteiger partial charge < -0.3 is 9.84 Å². The summed E-state index contributed by atoms with van der Waals surface area (Å²) in [4.78, 5) is 2.27. The predicted octanol–water partition coefficient (Wildman–Crippen LogP) is 4.11. The van der Waals surface area contributed by atoms with Gasteiger partial charge in [0.25, 0.3) is 11.6 Å². The maximum Gasteiger partial charge on any atom is 0.271 e. The van der Waals surface area contributed by atoms with E-state index in [1.54, 1.807) is 7.11 Å². The molecule has 0 amide bonds. The lowest BCUT2D eigenvalue weighted by Crippen LogP contribution is -2.41. The molecule has 1 N–H and O–H groups in total. The highest BCUT2D eigenvalue weighted by molar-refractivity contribution is 9.10. The lowest BCUT2D eigenvalue weighted by molar-refractivity contribution is -0.658. The molecule has 2 aliphatic heterocycles. The van der Waals surface area contributed by atoms with Gasteiger partial charge in [-0.05, 0) is 55.7 Å². The third kappa shape index (κ3) is 3.03. The third-order valence-electron chi connectivity index (χ3n) is 5.42. The van der Waals surface area contributed by atoms with Gasteiger partial charge in [-0.15, -0.1) is 0 Å². The van der Waals surface area contributed by atoms with E-state index in [-0.39, 0.29) is 0 Å². The van der Waals surface area contributed by atoms with E-state index in [0.29, 0.717) is 6.54 Å². The minimum Gasteiger partial charge on any atom is -0.497 e. The summed E-state index contributed by atoms with van der Waals surface area (Å²) in [5.41, 5.74) is 1.04. The van der Waals surface area contributed by atoms with E-state index in [0.717, 1.165) is 47.3 Å². The molecule has 2 heterocycles. The second-order valence-electron chi connectivity index (χ2n) is 6.99. The van der Waals surface area contributed by atoms with Crippen LogP contribution in [0.5, 0.6) is 5.75 Å². The first-order valence-corrected chi connectivity index (χ1v) is 9.94. The molecule has 0 fully saturated rings. The van der Waals surface area contributed by atoms with E-state index in [1.165, 1.54) is 12.3 Å². The van der Waals surface area contributed by atoms with Crippen LogP contribution in [0.1, 0.15) is 31.2 Å². The highest BCUT2D eigenvalue weighted by atomic mass is 79.9. The molecule has 2 aromatic carbocycles. The van der Waals surface area contributed by atoms with E-state index in [9.17, 15) is 5.11 Å². The van der Waals surface area contributed by atoms with Crippen LogP contribution >= 0.6 is 15.9 Å². The van der Waals surface area contributed by atoms with Crippen molar-refractivity contribution in [1.82, 2.24) is 0 Å². The van der Waals surface area contributed by atoms with E-state index in [1.807, 2.05) is 36.4 Å². The van der Waals surface area contributed by atoms with Crippen molar-refractivity contribution in [2.24, 2.45) is 0 Å². The van der Waals surface area contributed by atoms with Gasteiger partial charge in [-0.25, -0.2) is 9.48 Å². The number of hydrogen-bond acceptors (Lipinski definition) is 3. The molecule has 0 saturated carbocycles. The first kappa shape index (κ1) is 17.6. The largest absolute Gasteiger partial charge is 0.497 e. The SMILES string of the molecule is COc1ccc(N2CC(O)(c3ccc(Br)cc3)[N+]3=C2CCCCC3)cc1.